The number of nitrogens with zero attached hydrogens (tertiary/aromatic N) is 5. The molecule has 0 amide bonds. The number of benzene rings is 7. The fourth-order valence-electron chi connectivity index (χ4n) is 7.39. The summed E-state index contributed by atoms with van der Waals surface area (Å²) in [6.45, 7) is 7.61. The van der Waals surface area contributed by atoms with Crippen LogP contribution in [0.3, 0.4) is 0 Å². The Morgan fingerprint density at radius 2 is 1.02 bits per heavy atom. The highest BCUT2D eigenvalue weighted by atomic mass is 15.0. The van der Waals surface area contributed by atoms with Crippen LogP contribution < -0.4 is 0 Å². The number of para-hydroxylation sites is 2. The van der Waals surface area contributed by atoms with Crippen LogP contribution in [0.25, 0.3) is 82.1 Å². The number of hydrogen-bond donors (Lipinski definition) is 0. The van der Waals surface area contributed by atoms with Gasteiger partial charge in [0, 0.05) is 27.4 Å². The maximum atomic E-state index is 10.0. The number of aromatic nitrogens is 2. The molecule has 5 nitrogen and oxygen atoms in total. The third-order valence-electron chi connectivity index (χ3n) is 9.61. The fourth-order valence-corrected chi connectivity index (χ4v) is 7.39. The van der Waals surface area contributed by atoms with E-state index in [1.165, 1.54) is 0 Å². The second-order valence-corrected chi connectivity index (χ2v) is 12.3. The van der Waals surface area contributed by atoms with Gasteiger partial charge in [-0.2, -0.15) is 10.5 Å². The van der Waals surface area contributed by atoms with Gasteiger partial charge in [-0.15, -0.1) is 0 Å². The average Bonchev–Trinajstić information content (AvgIpc) is 3.69. The van der Waals surface area contributed by atoms with Gasteiger partial charge in [0.05, 0.1) is 57.6 Å². The van der Waals surface area contributed by atoms with E-state index in [1.54, 1.807) is 0 Å². The highest BCUT2D eigenvalue weighted by Gasteiger charge is 2.19. The van der Waals surface area contributed by atoms with E-state index in [9.17, 15) is 10.5 Å². The molecule has 0 aliphatic heterocycles. The average molecular weight is 636 g/mol. The molecule has 0 N–H and O–H groups in total. The van der Waals surface area contributed by atoms with Crippen molar-refractivity contribution in [1.29, 1.82) is 10.5 Å². The smallest absolute Gasteiger partial charge is 0.188 e. The molecular weight excluding hydrogens is 611 g/mol. The van der Waals surface area contributed by atoms with Gasteiger partial charge in [-0.25, -0.2) is 4.85 Å². The number of hydrogen-bond acceptors (Lipinski definition) is 2. The van der Waals surface area contributed by atoms with Crippen LogP contribution in [0.2, 0.25) is 0 Å². The van der Waals surface area contributed by atoms with Crippen LogP contribution in [0.15, 0.2) is 152 Å². The first kappa shape index (κ1) is 28.8. The van der Waals surface area contributed by atoms with Crippen LogP contribution in [-0.2, 0) is 0 Å². The molecule has 0 unspecified atom stereocenters. The van der Waals surface area contributed by atoms with Gasteiger partial charge in [-0.1, -0.05) is 78.9 Å². The maximum Gasteiger partial charge on any atom is 0.188 e. The summed E-state index contributed by atoms with van der Waals surface area (Å²) in [7, 11) is 0. The molecule has 0 fully saturated rings. The van der Waals surface area contributed by atoms with Crippen molar-refractivity contribution in [2.75, 3.05) is 0 Å². The van der Waals surface area contributed by atoms with Crippen molar-refractivity contribution in [3.8, 4) is 45.8 Å². The number of nitriles is 2. The van der Waals surface area contributed by atoms with E-state index in [0.717, 1.165) is 77.2 Å². The third-order valence-corrected chi connectivity index (χ3v) is 9.61. The molecule has 0 aliphatic carbocycles. The Morgan fingerprint density at radius 3 is 1.74 bits per heavy atom. The molecule has 2 aromatic heterocycles. The monoisotopic (exact) mass is 635 g/mol. The second-order valence-electron chi connectivity index (χ2n) is 12.3. The highest BCUT2D eigenvalue weighted by Crippen LogP contribution is 2.41. The van der Waals surface area contributed by atoms with Gasteiger partial charge in [0.15, 0.2) is 5.69 Å². The Hall–Kier alpha value is -7.39. The van der Waals surface area contributed by atoms with Gasteiger partial charge in [-0.3, -0.25) is 0 Å². The molecule has 5 heteroatoms. The topological polar surface area (TPSA) is 61.8 Å². The van der Waals surface area contributed by atoms with Crippen LogP contribution in [0.1, 0.15) is 11.1 Å². The summed E-state index contributed by atoms with van der Waals surface area (Å²) in [5, 5.41) is 23.8. The van der Waals surface area contributed by atoms with Gasteiger partial charge in [0.1, 0.15) is 0 Å². The summed E-state index contributed by atoms with van der Waals surface area (Å²) in [6.07, 6.45) is 0. The minimum absolute atomic E-state index is 0.580. The summed E-state index contributed by atoms with van der Waals surface area (Å²) >= 11 is 0. The molecule has 0 atom stereocenters. The maximum absolute atomic E-state index is 10.0. The van der Waals surface area contributed by atoms with Gasteiger partial charge in [0.25, 0.3) is 0 Å². The van der Waals surface area contributed by atoms with Crippen LogP contribution in [0.4, 0.5) is 5.69 Å². The predicted molar refractivity (Wildman–Crippen MR) is 202 cm³/mol. The lowest BCUT2D eigenvalue weighted by Gasteiger charge is -2.18. The van der Waals surface area contributed by atoms with Gasteiger partial charge < -0.3 is 9.13 Å². The lowest BCUT2D eigenvalue weighted by Crippen LogP contribution is -1.99. The Bertz CT molecular complexity index is 2960. The Labute approximate surface area is 288 Å². The fraction of sp³-hybridized carbons (Fsp3) is 0. The number of fused-ring (bicyclic) bond motifs is 6. The SMILES string of the molecule is [C-]#[N+]c1ccc2c(c1)c1ccccc1n2-c1ccc(C#N)cc1-c1ccccc1-c1ccc(-n2c3ccccc3c3cc(C#N)ccc32)cc1. The summed E-state index contributed by atoms with van der Waals surface area (Å²) in [5.74, 6) is 0. The molecule has 0 bridgehead atoms. The van der Waals surface area contributed by atoms with E-state index >= 15 is 0 Å². The van der Waals surface area contributed by atoms with Crippen LogP contribution in [0.5, 0.6) is 0 Å². The predicted octanol–water partition coefficient (Wildman–Crippen LogP) is 11.5. The van der Waals surface area contributed by atoms with E-state index < -0.39 is 0 Å². The van der Waals surface area contributed by atoms with E-state index in [2.05, 4.69) is 86.8 Å². The minimum atomic E-state index is 0.580. The summed E-state index contributed by atoms with van der Waals surface area (Å²) in [5.41, 5.74) is 12.0. The van der Waals surface area contributed by atoms with E-state index in [0.29, 0.717) is 16.8 Å². The molecule has 0 spiro atoms. The molecule has 230 valence electrons. The first-order valence-corrected chi connectivity index (χ1v) is 16.3. The van der Waals surface area contributed by atoms with E-state index in [4.69, 9.17) is 6.57 Å². The molecule has 0 aliphatic rings. The Morgan fingerprint density at radius 1 is 0.460 bits per heavy atom. The number of rotatable bonds is 4. The first-order chi connectivity index (χ1) is 24.7. The van der Waals surface area contributed by atoms with Gasteiger partial charge in [0.2, 0.25) is 0 Å². The largest absolute Gasteiger partial charge is 0.309 e. The third kappa shape index (κ3) is 4.38. The zero-order valence-electron chi connectivity index (χ0n) is 26.7. The quantitative estimate of drug-likeness (QED) is 0.181. The normalized spacial score (nSPS) is 11.1. The lowest BCUT2D eigenvalue weighted by molar-refractivity contribution is 1.18. The molecule has 0 saturated carbocycles. The molecular formula is C45H25N5. The van der Waals surface area contributed by atoms with Crippen LogP contribution in [0, 0.1) is 29.2 Å². The highest BCUT2D eigenvalue weighted by molar-refractivity contribution is 6.11. The molecule has 0 radical (unpaired) electrons. The molecule has 9 rings (SSSR count). The van der Waals surface area contributed by atoms with Crippen molar-refractivity contribution < 1.29 is 0 Å². The van der Waals surface area contributed by atoms with Gasteiger partial charge in [-0.05, 0) is 94.9 Å². The lowest BCUT2D eigenvalue weighted by atomic mass is 9.92. The van der Waals surface area contributed by atoms with Crippen molar-refractivity contribution in [2.24, 2.45) is 0 Å². The molecule has 2 heterocycles. The van der Waals surface area contributed by atoms with Crippen molar-refractivity contribution in [3.63, 3.8) is 0 Å². The Balaban J connectivity index is 1.23. The van der Waals surface area contributed by atoms with Crippen molar-refractivity contribution in [2.45, 2.75) is 0 Å². The summed E-state index contributed by atoms with van der Waals surface area (Å²) < 4.78 is 4.49. The Kier molecular flexibility index (Phi) is 6.56. The van der Waals surface area contributed by atoms with Crippen molar-refractivity contribution in [3.05, 3.63) is 174 Å². The van der Waals surface area contributed by atoms with Gasteiger partial charge >= 0.3 is 0 Å². The zero-order chi connectivity index (χ0) is 33.8. The molecule has 9 aromatic rings. The zero-order valence-corrected chi connectivity index (χ0v) is 26.7. The summed E-state index contributed by atoms with van der Waals surface area (Å²) in [6, 6.07) is 55.7. The molecule has 50 heavy (non-hydrogen) atoms. The second kappa shape index (κ2) is 11.4. The van der Waals surface area contributed by atoms with Crippen molar-refractivity contribution in [1.82, 2.24) is 9.13 Å². The minimum Gasteiger partial charge on any atom is -0.309 e. The van der Waals surface area contributed by atoms with E-state index in [1.807, 2.05) is 91.0 Å². The first-order valence-electron chi connectivity index (χ1n) is 16.3. The van der Waals surface area contributed by atoms with Crippen LogP contribution in [-0.4, -0.2) is 9.13 Å². The summed E-state index contributed by atoms with van der Waals surface area (Å²) in [4.78, 5) is 3.69. The van der Waals surface area contributed by atoms with Crippen LogP contribution >= 0.6 is 0 Å². The van der Waals surface area contributed by atoms with E-state index in [-0.39, 0.29) is 0 Å². The standard InChI is InChI=1S/C45H25N5/c1-48-32-18-23-45-40(26-32)37-11-5-7-13-42(37)50(45)44-22-15-29(27-46)24-38(44)35-9-3-2-8-34(35)31-16-19-33(20-17-31)49-41-12-6-4-10-36(41)39-25-30(28-47)14-21-43(39)49/h2-26H. The van der Waals surface area contributed by atoms with Crippen molar-refractivity contribution >= 4 is 49.3 Å². The molecule has 7 aromatic carbocycles. The molecule has 0 saturated heterocycles.